The highest BCUT2D eigenvalue weighted by Crippen LogP contribution is 2.26. The van der Waals surface area contributed by atoms with E-state index in [1.54, 1.807) is 7.11 Å². The first-order chi connectivity index (χ1) is 7.70. The van der Waals surface area contributed by atoms with E-state index in [2.05, 4.69) is 39.2 Å². The van der Waals surface area contributed by atoms with Crippen LogP contribution >= 0.6 is 15.9 Å². The van der Waals surface area contributed by atoms with E-state index >= 15 is 0 Å². The summed E-state index contributed by atoms with van der Waals surface area (Å²) in [6.07, 6.45) is 5.68. The largest absolute Gasteiger partial charge is 0.379 e. The SMILES string of the molecule is COC1CCCC1Nc1ncc(Br)cc1C. The number of aromatic nitrogens is 1. The Morgan fingerprint density at radius 1 is 1.50 bits per heavy atom. The van der Waals surface area contributed by atoms with Gasteiger partial charge in [-0.15, -0.1) is 0 Å². The third-order valence-corrected chi connectivity index (χ3v) is 3.56. The minimum absolute atomic E-state index is 0.324. The van der Waals surface area contributed by atoms with Crippen molar-refractivity contribution in [3.05, 3.63) is 22.3 Å². The minimum Gasteiger partial charge on any atom is -0.379 e. The van der Waals surface area contributed by atoms with Crippen LogP contribution in [0.3, 0.4) is 0 Å². The first-order valence-electron chi connectivity index (χ1n) is 5.62. The Labute approximate surface area is 105 Å². The van der Waals surface area contributed by atoms with Gasteiger partial charge in [0.15, 0.2) is 0 Å². The topological polar surface area (TPSA) is 34.1 Å². The third-order valence-electron chi connectivity index (χ3n) is 3.12. The molecule has 1 aliphatic carbocycles. The molecule has 0 radical (unpaired) electrons. The molecule has 16 heavy (non-hydrogen) atoms. The van der Waals surface area contributed by atoms with Crippen LogP contribution in [0.5, 0.6) is 0 Å². The van der Waals surface area contributed by atoms with Crippen molar-refractivity contribution in [3.63, 3.8) is 0 Å². The maximum Gasteiger partial charge on any atom is 0.129 e. The van der Waals surface area contributed by atoms with E-state index in [-0.39, 0.29) is 0 Å². The number of hydrogen-bond donors (Lipinski definition) is 1. The van der Waals surface area contributed by atoms with Crippen molar-refractivity contribution in [2.75, 3.05) is 12.4 Å². The molecular formula is C12H17BrN2O. The summed E-state index contributed by atoms with van der Waals surface area (Å²) in [4.78, 5) is 4.40. The molecule has 88 valence electrons. The van der Waals surface area contributed by atoms with Gasteiger partial charge in [0.2, 0.25) is 0 Å². The van der Waals surface area contributed by atoms with Gasteiger partial charge in [-0.2, -0.15) is 0 Å². The Morgan fingerprint density at radius 3 is 3.00 bits per heavy atom. The summed E-state index contributed by atoms with van der Waals surface area (Å²) in [5, 5.41) is 3.48. The van der Waals surface area contributed by atoms with Crippen LogP contribution in [-0.2, 0) is 4.74 Å². The van der Waals surface area contributed by atoms with Crippen molar-refractivity contribution >= 4 is 21.7 Å². The molecule has 2 rings (SSSR count). The molecule has 1 fully saturated rings. The highest BCUT2D eigenvalue weighted by atomic mass is 79.9. The number of hydrogen-bond acceptors (Lipinski definition) is 3. The minimum atomic E-state index is 0.324. The second-order valence-corrected chi connectivity index (χ2v) is 5.19. The lowest BCUT2D eigenvalue weighted by Gasteiger charge is -2.21. The standard InChI is InChI=1S/C12H17BrN2O/c1-8-6-9(13)7-14-12(8)15-10-4-3-5-11(10)16-2/h6-7,10-11H,3-5H2,1-2H3,(H,14,15). The summed E-state index contributed by atoms with van der Waals surface area (Å²) in [6, 6.07) is 2.48. The van der Waals surface area contributed by atoms with Gasteiger partial charge < -0.3 is 10.1 Å². The lowest BCUT2D eigenvalue weighted by molar-refractivity contribution is 0.101. The van der Waals surface area contributed by atoms with Crippen molar-refractivity contribution < 1.29 is 4.74 Å². The third kappa shape index (κ3) is 2.55. The van der Waals surface area contributed by atoms with Gasteiger partial charge in [0, 0.05) is 17.8 Å². The van der Waals surface area contributed by atoms with Crippen molar-refractivity contribution in [3.8, 4) is 0 Å². The number of nitrogens with zero attached hydrogens (tertiary/aromatic N) is 1. The maximum absolute atomic E-state index is 5.46. The molecule has 1 aromatic rings. The van der Waals surface area contributed by atoms with Gasteiger partial charge in [-0.1, -0.05) is 0 Å². The zero-order chi connectivity index (χ0) is 11.5. The summed E-state index contributed by atoms with van der Waals surface area (Å²) in [7, 11) is 1.78. The van der Waals surface area contributed by atoms with Crippen LogP contribution in [0.15, 0.2) is 16.7 Å². The van der Waals surface area contributed by atoms with Gasteiger partial charge in [0.1, 0.15) is 5.82 Å². The van der Waals surface area contributed by atoms with Crippen LogP contribution in [0.2, 0.25) is 0 Å². The van der Waals surface area contributed by atoms with E-state index < -0.39 is 0 Å². The molecule has 0 amide bonds. The number of ether oxygens (including phenoxy) is 1. The van der Waals surface area contributed by atoms with Gasteiger partial charge in [0.05, 0.1) is 12.1 Å². The zero-order valence-electron chi connectivity index (χ0n) is 9.66. The summed E-state index contributed by atoms with van der Waals surface area (Å²) < 4.78 is 6.48. The quantitative estimate of drug-likeness (QED) is 0.926. The molecule has 0 aromatic carbocycles. The summed E-state index contributed by atoms with van der Waals surface area (Å²) in [5.74, 6) is 0.970. The number of rotatable bonds is 3. The van der Waals surface area contributed by atoms with Crippen molar-refractivity contribution in [2.24, 2.45) is 0 Å². The molecule has 1 saturated carbocycles. The Morgan fingerprint density at radius 2 is 2.31 bits per heavy atom. The number of methoxy groups -OCH3 is 1. The number of halogens is 1. The molecule has 2 atom stereocenters. The second-order valence-electron chi connectivity index (χ2n) is 4.27. The fourth-order valence-electron chi connectivity index (χ4n) is 2.24. The summed E-state index contributed by atoms with van der Waals surface area (Å²) in [6.45, 7) is 2.07. The fraction of sp³-hybridized carbons (Fsp3) is 0.583. The van der Waals surface area contributed by atoms with Gasteiger partial charge in [0.25, 0.3) is 0 Å². The number of anilines is 1. The van der Waals surface area contributed by atoms with E-state index in [1.807, 2.05) is 6.20 Å². The Hall–Kier alpha value is -0.610. The highest BCUT2D eigenvalue weighted by molar-refractivity contribution is 9.10. The van der Waals surface area contributed by atoms with E-state index in [1.165, 1.54) is 6.42 Å². The molecule has 0 saturated heterocycles. The second kappa shape index (κ2) is 5.15. The first kappa shape index (κ1) is 11.9. The maximum atomic E-state index is 5.46. The van der Waals surface area contributed by atoms with Crippen LogP contribution in [0.4, 0.5) is 5.82 Å². The van der Waals surface area contributed by atoms with E-state index in [9.17, 15) is 0 Å². The van der Waals surface area contributed by atoms with Gasteiger partial charge >= 0.3 is 0 Å². The van der Waals surface area contributed by atoms with Crippen molar-refractivity contribution in [1.29, 1.82) is 0 Å². The van der Waals surface area contributed by atoms with E-state index in [4.69, 9.17) is 4.74 Å². The monoisotopic (exact) mass is 284 g/mol. The van der Waals surface area contributed by atoms with Crippen molar-refractivity contribution in [1.82, 2.24) is 4.98 Å². The van der Waals surface area contributed by atoms with Crippen LogP contribution in [0.25, 0.3) is 0 Å². The molecule has 0 aliphatic heterocycles. The Kier molecular flexibility index (Phi) is 3.82. The predicted molar refractivity (Wildman–Crippen MR) is 68.7 cm³/mol. The van der Waals surface area contributed by atoms with E-state index in [0.717, 1.165) is 28.7 Å². The first-order valence-corrected chi connectivity index (χ1v) is 6.41. The normalized spacial score (nSPS) is 24.7. The number of aryl methyl sites for hydroxylation is 1. The van der Waals surface area contributed by atoms with Gasteiger partial charge in [-0.3, -0.25) is 0 Å². The Bertz CT molecular complexity index is 370. The predicted octanol–water partition coefficient (Wildman–Crippen LogP) is 3.13. The molecule has 0 bridgehead atoms. The van der Waals surface area contributed by atoms with Gasteiger partial charge in [-0.05, 0) is 53.7 Å². The molecule has 2 unspecified atom stereocenters. The summed E-state index contributed by atoms with van der Waals surface area (Å²) in [5.41, 5.74) is 1.16. The lowest BCUT2D eigenvalue weighted by atomic mass is 10.2. The van der Waals surface area contributed by atoms with Crippen LogP contribution in [-0.4, -0.2) is 24.2 Å². The summed E-state index contributed by atoms with van der Waals surface area (Å²) >= 11 is 3.42. The number of pyridine rings is 1. The molecular weight excluding hydrogens is 268 g/mol. The Balaban J connectivity index is 2.08. The fourth-order valence-corrected chi connectivity index (χ4v) is 2.69. The molecule has 1 heterocycles. The van der Waals surface area contributed by atoms with Gasteiger partial charge in [-0.25, -0.2) is 4.98 Å². The molecule has 3 nitrogen and oxygen atoms in total. The molecule has 1 N–H and O–H groups in total. The van der Waals surface area contributed by atoms with E-state index in [0.29, 0.717) is 12.1 Å². The molecule has 1 aromatic heterocycles. The van der Waals surface area contributed by atoms with Crippen LogP contribution in [0, 0.1) is 6.92 Å². The number of nitrogens with one attached hydrogen (secondary N) is 1. The molecule has 4 heteroatoms. The average Bonchev–Trinajstić information content (AvgIpc) is 2.69. The van der Waals surface area contributed by atoms with Crippen molar-refractivity contribution in [2.45, 2.75) is 38.3 Å². The smallest absolute Gasteiger partial charge is 0.129 e. The molecule has 0 spiro atoms. The lowest BCUT2D eigenvalue weighted by Crippen LogP contribution is -2.30. The highest BCUT2D eigenvalue weighted by Gasteiger charge is 2.27. The average molecular weight is 285 g/mol. The van der Waals surface area contributed by atoms with Crippen LogP contribution in [0.1, 0.15) is 24.8 Å². The zero-order valence-corrected chi connectivity index (χ0v) is 11.3. The van der Waals surface area contributed by atoms with Crippen LogP contribution < -0.4 is 5.32 Å². The molecule has 1 aliphatic rings.